The normalized spacial score (nSPS) is 20.8. The van der Waals surface area contributed by atoms with Gasteiger partial charge < -0.3 is 9.47 Å². The number of nitrogens with zero attached hydrogens (tertiary/aromatic N) is 2. The van der Waals surface area contributed by atoms with Crippen molar-refractivity contribution in [2.75, 3.05) is 13.7 Å². The molecule has 5 heteroatoms. The highest BCUT2D eigenvalue weighted by atomic mass is 16.6. The minimum atomic E-state index is -0.210. The predicted octanol–water partition coefficient (Wildman–Crippen LogP) is 5.66. The van der Waals surface area contributed by atoms with Crippen molar-refractivity contribution in [3.05, 3.63) is 89.8 Å². The van der Waals surface area contributed by atoms with E-state index >= 15 is 0 Å². The number of hydrogen-bond acceptors (Lipinski definition) is 4. The maximum atomic E-state index is 13.2. The first-order valence-electron chi connectivity index (χ1n) is 11.6. The first-order valence-corrected chi connectivity index (χ1v) is 11.6. The van der Waals surface area contributed by atoms with Crippen molar-refractivity contribution in [1.29, 1.82) is 0 Å². The second-order valence-electron chi connectivity index (χ2n) is 8.98. The summed E-state index contributed by atoms with van der Waals surface area (Å²) in [5.74, 6) is 0.903. The number of ether oxygens (including phenoxy) is 2. The lowest BCUT2D eigenvalue weighted by Gasteiger charge is -2.33. The average Bonchev–Trinajstić information content (AvgIpc) is 3.33. The molecule has 0 radical (unpaired) electrons. The molecule has 6 rings (SSSR count). The molecular weight excluding hydrogens is 412 g/mol. The molecule has 1 amide bonds. The number of rotatable bonds is 4. The predicted molar refractivity (Wildman–Crippen MR) is 127 cm³/mol. The lowest BCUT2D eigenvalue weighted by atomic mass is 9.95. The Kier molecular flexibility index (Phi) is 4.90. The molecule has 1 saturated heterocycles. The lowest BCUT2D eigenvalue weighted by Crippen LogP contribution is -2.43. The molecular formula is C28H26N2O3. The van der Waals surface area contributed by atoms with Gasteiger partial charge in [-0.2, -0.15) is 0 Å². The van der Waals surface area contributed by atoms with Gasteiger partial charge >= 0.3 is 6.09 Å². The summed E-state index contributed by atoms with van der Waals surface area (Å²) in [6, 6.07) is 18.9. The van der Waals surface area contributed by atoms with Gasteiger partial charge in [0, 0.05) is 29.9 Å². The summed E-state index contributed by atoms with van der Waals surface area (Å²) < 4.78 is 11.5. The van der Waals surface area contributed by atoms with Crippen molar-refractivity contribution < 1.29 is 14.3 Å². The van der Waals surface area contributed by atoms with Gasteiger partial charge in [0.1, 0.15) is 12.4 Å². The number of methoxy groups -OCH3 is 1. The second kappa shape index (κ2) is 8.07. The van der Waals surface area contributed by atoms with Gasteiger partial charge in [0.25, 0.3) is 0 Å². The van der Waals surface area contributed by atoms with Gasteiger partial charge in [0.05, 0.1) is 13.2 Å². The number of amides is 1. The number of carbonyl (C=O) groups is 1. The highest BCUT2D eigenvalue weighted by molar-refractivity contribution is 5.80. The summed E-state index contributed by atoms with van der Waals surface area (Å²) in [4.78, 5) is 19.5. The maximum absolute atomic E-state index is 13.2. The Hall–Kier alpha value is -3.60. The van der Waals surface area contributed by atoms with Crippen molar-refractivity contribution in [1.82, 2.24) is 9.88 Å². The van der Waals surface area contributed by atoms with E-state index in [2.05, 4.69) is 59.6 Å². The SMILES string of the molecule is COc1ccncc1C1=CC2CCC(C1)N2C(=O)OCC1c2ccccc2-c2ccccc21. The molecule has 0 N–H and O–H groups in total. The average molecular weight is 439 g/mol. The fourth-order valence-electron chi connectivity index (χ4n) is 5.78. The van der Waals surface area contributed by atoms with Crippen LogP contribution in [-0.2, 0) is 4.74 Å². The van der Waals surface area contributed by atoms with E-state index in [9.17, 15) is 4.79 Å². The molecule has 33 heavy (non-hydrogen) atoms. The van der Waals surface area contributed by atoms with E-state index in [1.165, 1.54) is 27.8 Å². The number of benzene rings is 2. The van der Waals surface area contributed by atoms with Crippen LogP contribution in [-0.4, -0.2) is 41.8 Å². The van der Waals surface area contributed by atoms with Crippen molar-refractivity contribution in [2.24, 2.45) is 0 Å². The van der Waals surface area contributed by atoms with E-state index < -0.39 is 0 Å². The van der Waals surface area contributed by atoms with Gasteiger partial charge in [0.15, 0.2) is 0 Å². The summed E-state index contributed by atoms with van der Waals surface area (Å²) >= 11 is 0. The number of aromatic nitrogens is 1. The van der Waals surface area contributed by atoms with Crippen LogP contribution in [0.2, 0.25) is 0 Å². The third-order valence-electron chi connectivity index (χ3n) is 7.29. The molecule has 2 aromatic carbocycles. The highest BCUT2D eigenvalue weighted by Gasteiger charge is 2.41. The molecule has 2 atom stereocenters. The van der Waals surface area contributed by atoms with Crippen LogP contribution in [0.1, 0.15) is 41.9 Å². The van der Waals surface area contributed by atoms with Crippen molar-refractivity contribution in [3.8, 4) is 16.9 Å². The van der Waals surface area contributed by atoms with Crippen LogP contribution >= 0.6 is 0 Å². The van der Waals surface area contributed by atoms with Gasteiger partial charge in [0.2, 0.25) is 0 Å². The first kappa shape index (κ1) is 20.0. The fourth-order valence-corrected chi connectivity index (χ4v) is 5.78. The largest absolute Gasteiger partial charge is 0.496 e. The van der Waals surface area contributed by atoms with Crippen molar-refractivity contribution >= 4 is 11.7 Å². The van der Waals surface area contributed by atoms with Crippen LogP contribution in [0.3, 0.4) is 0 Å². The first-order chi connectivity index (χ1) is 16.2. The summed E-state index contributed by atoms with van der Waals surface area (Å²) in [5, 5.41) is 0. The van der Waals surface area contributed by atoms with Crippen LogP contribution in [0, 0.1) is 0 Å². The lowest BCUT2D eigenvalue weighted by molar-refractivity contribution is 0.0866. The zero-order chi connectivity index (χ0) is 22.4. The third kappa shape index (κ3) is 3.30. The number of fused-ring (bicyclic) bond motifs is 5. The fraction of sp³-hybridized carbons (Fsp3) is 0.286. The molecule has 1 aliphatic carbocycles. The highest BCUT2D eigenvalue weighted by Crippen LogP contribution is 2.45. The quantitative estimate of drug-likeness (QED) is 0.527. The van der Waals surface area contributed by atoms with Crippen LogP contribution in [0.15, 0.2) is 73.1 Å². The van der Waals surface area contributed by atoms with E-state index in [1.54, 1.807) is 13.3 Å². The van der Waals surface area contributed by atoms with Gasteiger partial charge in [-0.3, -0.25) is 9.88 Å². The molecule has 166 valence electrons. The molecule has 2 unspecified atom stereocenters. The van der Waals surface area contributed by atoms with Crippen LogP contribution in [0.5, 0.6) is 5.75 Å². The maximum Gasteiger partial charge on any atom is 0.410 e. The Morgan fingerprint density at radius 3 is 2.42 bits per heavy atom. The second-order valence-corrected chi connectivity index (χ2v) is 8.98. The molecule has 1 aromatic heterocycles. The Bertz CT molecular complexity index is 1210. The van der Waals surface area contributed by atoms with Gasteiger partial charge in [-0.25, -0.2) is 4.79 Å². The monoisotopic (exact) mass is 438 g/mol. The molecule has 3 aromatic rings. The molecule has 3 heterocycles. The van der Waals surface area contributed by atoms with E-state index in [0.29, 0.717) is 6.61 Å². The van der Waals surface area contributed by atoms with E-state index in [0.717, 1.165) is 30.6 Å². The zero-order valence-electron chi connectivity index (χ0n) is 18.6. The standard InChI is InChI=1S/C28H26N2O3/c1-32-27-12-13-29-16-25(27)18-14-19-10-11-20(15-18)30(19)28(31)33-17-26-23-8-4-2-6-21(23)22-7-3-5-9-24(22)26/h2-9,12-14,16,19-20,26H,10-11,15,17H2,1H3. The molecule has 0 spiro atoms. The van der Waals surface area contributed by atoms with Crippen molar-refractivity contribution in [3.63, 3.8) is 0 Å². The van der Waals surface area contributed by atoms with Crippen molar-refractivity contribution in [2.45, 2.75) is 37.3 Å². The molecule has 2 bridgehead atoms. The van der Waals surface area contributed by atoms with E-state index in [4.69, 9.17) is 9.47 Å². The minimum Gasteiger partial charge on any atom is -0.496 e. The van der Waals surface area contributed by atoms with Crippen LogP contribution in [0.4, 0.5) is 4.79 Å². The smallest absolute Gasteiger partial charge is 0.410 e. The van der Waals surface area contributed by atoms with Gasteiger partial charge in [-0.05, 0) is 53.2 Å². The number of pyridine rings is 1. The molecule has 2 aliphatic heterocycles. The molecule has 3 aliphatic rings. The van der Waals surface area contributed by atoms with E-state index in [1.807, 2.05) is 17.2 Å². The Labute approximate surface area is 193 Å². The summed E-state index contributed by atoms with van der Waals surface area (Å²) in [6.45, 7) is 0.357. The molecule has 0 saturated carbocycles. The van der Waals surface area contributed by atoms with Crippen LogP contribution in [0.25, 0.3) is 16.7 Å². The van der Waals surface area contributed by atoms with Gasteiger partial charge in [-0.15, -0.1) is 0 Å². The van der Waals surface area contributed by atoms with E-state index in [-0.39, 0.29) is 24.1 Å². The summed E-state index contributed by atoms with van der Waals surface area (Å²) in [6.07, 6.45) is 8.32. The molecule has 1 fully saturated rings. The number of carbonyl (C=O) groups excluding carboxylic acids is 1. The zero-order valence-corrected chi connectivity index (χ0v) is 18.6. The topological polar surface area (TPSA) is 51.7 Å². The minimum absolute atomic E-state index is 0.0549. The molecule has 5 nitrogen and oxygen atoms in total. The Balaban J connectivity index is 1.21. The summed E-state index contributed by atoms with van der Waals surface area (Å²) in [5.41, 5.74) is 7.17. The van der Waals surface area contributed by atoms with Crippen LogP contribution < -0.4 is 4.74 Å². The summed E-state index contributed by atoms with van der Waals surface area (Å²) in [7, 11) is 1.68. The van der Waals surface area contributed by atoms with Gasteiger partial charge in [-0.1, -0.05) is 54.6 Å². The number of hydrogen-bond donors (Lipinski definition) is 0. The Morgan fingerprint density at radius 1 is 1.00 bits per heavy atom. The Morgan fingerprint density at radius 2 is 1.73 bits per heavy atom. The third-order valence-corrected chi connectivity index (χ3v) is 7.29.